The van der Waals surface area contributed by atoms with Gasteiger partial charge in [-0.25, -0.2) is 4.79 Å². The van der Waals surface area contributed by atoms with Crippen LogP contribution in [0, 0.1) is 5.92 Å². The van der Waals surface area contributed by atoms with E-state index >= 15 is 0 Å². The van der Waals surface area contributed by atoms with E-state index in [0.717, 1.165) is 5.56 Å². The van der Waals surface area contributed by atoms with Gasteiger partial charge < -0.3 is 26.0 Å². The van der Waals surface area contributed by atoms with Gasteiger partial charge in [0.25, 0.3) is 0 Å². The molecule has 0 aliphatic rings. The molecule has 0 heterocycles. The standard InChI is InChI=1S/C15H20N2O6/c16-12(14(20)21)8-11(13(18)19)6-7-17-15(22)23-9-10-4-2-1-3-5-10/h1-5,11-12H,6-9,16H2,(H,17,22)(H,18,19)(H,20,21)/t11-,12+/m1/s1. The summed E-state index contributed by atoms with van der Waals surface area (Å²) in [5.41, 5.74) is 6.16. The van der Waals surface area contributed by atoms with E-state index in [0.29, 0.717) is 0 Å². The van der Waals surface area contributed by atoms with Crippen LogP contribution >= 0.6 is 0 Å². The Kier molecular flexibility index (Phi) is 7.55. The number of rotatable bonds is 9. The van der Waals surface area contributed by atoms with Crippen LogP contribution < -0.4 is 11.1 Å². The largest absolute Gasteiger partial charge is 0.481 e. The summed E-state index contributed by atoms with van der Waals surface area (Å²) < 4.78 is 4.97. The van der Waals surface area contributed by atoms with E-state index in [2.05, 4.69) is 5.32 Å². The van der Waals surface area contributed by atoms with Crippen LogP contribution in [0.25, 0.3) is 0 Å². The lowest BCUT2D eigenvalue weighted by Gasteiger charge is -2.15. The fourth-order valence-electron chi connectivity index (χ4n) is 1.87. The van der Waals surface area contributed by atoms with E-state index in [1.54, 1.807) is 12.1 Å². The molecule has 1 aromatic carbocycles. The van der Waals surface area contributed by atoms with Crippen molar-refractivity contribution in [2.75, 3.05) is 6.54 Å². The topological polar surface area (TPSA) is 139 Å². The molecule has 8 nitrogen and oxygen atoms in total. The summed E-state index contributed by atoms with van der Waals surface area (Å²) in [6.45, 7) is 0.163. The molecule has 1 amide bonds. The molecule has 0 aliphatic carbocycles. The quantitative estimate of drug-likeness (QED) is 0.527. The van der Waals surface area contributed by atoms with Crippen LogP contribution in [-0.4, -0.2) is 40.8 Å². The first-order valence-corrected chi connectivity index (χ1v) is 7.06. The lowest BCUT2D eigenvalue weighted by Crippen LogP contribution is -2.36. The van der Waals surface area contributed by atoms with Crippen molar-refractivity contribution in [2.45, 2.75) is 25.5 Å². The smallest absolute Gasteiger partial charge is 0.407 e. The summed E-state index contributed by atoms with van der Waals surface area (Å²) in [7, 11) is 0. The summed E-state index contributed by atoms with van der Waals surface area (Å²) in [6.07, 6.45) is -0.803. The van der Waals surface area contributed by atoms with Crippen molar-refractivity contribution in [3.8, 4) is 0 Å². The second-order valence-corrected chi connectivity index (χ2v) is 4.99. The van der Waals surface area contributed by atoms with Gasteiger partial charge in [-0.1, -0.05) is 30.3 Å². The average Bonchev–Trinajstić information content (AvgIpc) is 2.52. The van der Waals surface area contributed by atoms with Crippen molar-refractivity contribution in [1.29, 1.82) is 0 Å². The molecule has 0 unspecified atom stereocenters. The number of nitrogens with two attached hydrogens (primary N) is 1. The maximum Gasteiger partial charge on any atom is 0.407 e. The van der Waals surface area contributed by atoms with Gasteiger partial charge >= 0.3 is 18.0 Å². The number of ether oxygens (including phenoxy) is 1. The van der Waals surface area contributed by atoms with Crippen molar-refractivity contribution >= 4 is 18.0 Å². The van der Waals surface area contributed by atoms with E-state index in [4.69, 9.17) is 20.7 Å². The summed E-state index contributed by atoms with van der Waals surface area (Å²) in [5, 5.41) is 20.2. The number of nitrogens with one attached hydrogen (secondary N) is 1. The van der Waals surface area contributed by atoms with Gasteiger partial charge in [-0.05, 0) is 18.4 Å². The number of benzene rings is 1. The van der Waals surface area contributed by atoms with Gasteiger partial charge in [-0.3, -0.25) is 9.59 Å². The zero-order valence-electron chi connectivity index (χ0n) is 12.5. The maximum absolute atomic E-state index is 11.5. The molecule has 1 aromatic rings. The fourth-order valence-corrected chi connectivity index (χ4v) is 1.87. The third-order valence-corrected chi connectivity index (χ3v) is 3.18. The Balaban J connectivity index is 2.31. The van der Waals surface area contributed by atoms with Crippen molar-refractivity contribution in [1.82, 2.24) is 5.32 Å². The van der Waals surface area contributed by atoms with E-state index in [1.807, 2.05) is 18.2 Å². The lowest BCUT2D eigenvalue weighted by molar-refractivity contribution is -0.143. The molecule has 0 radical (unpaired) electrons. The number of carboxylic acid groups (broad SMARTS) is 2. The van der Waals surface area contributed by atoms with Crippen LogP contribution in [0.15, 0.2) is 30.3 Å². The van der Waals surface area contributed by atoms with Gasteiger partial charge in [0, 0.05) is 6.54 Å². The predicted octanol–water partition coefficient (Wildman–Crippen LogP) is 0.806. The van der Waals surface area contributed by atoms with Crippen LogP contribution in [0.4, 0.5) is 4.79 Å². The Labute approximate surface area is 133 Å². The molecule has 0 fully saturated rings. The molecule has 0 saturated heterocycles. The minimum atomic E-state index is -1.26. The van der Waals surface area contributed by atoms with Gasteiger partial charge in [0.15, 0.2) is 0 Å². The van der Waals surface area contributed by atoms with Gasteiger partial charge in [0.05, 0.1) is 5.92 Å². The van der Waals surface area contributed by atoms with Gasteiger partial charge in [0.2, 0.25) is 0 Å². The van der Waals surface area contributed by atoms with Gasteiger partial charge in [-0.2, -0.15) is 0 Å². The first-order valence-electron chi connectivity index (χ1n) is 7.06. The normalized spacial score (nSPS) is 12.9. The number of alkyl carbamates (subject to hydrolysis) is 1. The average molecular weight is 324 g/mol. The molecule has 5 N–H and O–H groups in total. The van der Waals surface area contributed by atoms with E-state index in [9.17, 15) is 14.4 Å². The molecular formula is C15H20N2O6. The maximum atomic E-state index is 11.5. The fraction of sp³-hybridized carbons (Fsp3) is 0.400. The number of amides is 1. The van der Waals surface area contributed by atoms with Crippen LogP contribution in [-0.2, 0) is 20.9 Å². The number of carboxylic acids is 2. The van der Waals surface area contributed by atoms with E-state index < -0.39 is 30.0 Å². The second kappa shape index (κ2) is 9.42. The monoisotopic (exact) mass is 324 g/mol. The minimum Gasteiger partial charge on any atom is -0.481 e. The summed E-state index contributed by atoms with van der Waals surface area (Å²) in [6, 6.07) is 7.85. The molecule has 23 heavy (non-hydrogen) atoms. The van der Waals surface area contributed by atoms with Crippen molar-refractivity contribution in [3.63, 3.8) is 0 Å². The lowest BCUT2D eigenvalue weighted by atomic mass is 9.97. The molecule has 0 aromatic heterocycles. The van der Waals surface area contributed by atoms with E-state index in [1.165, 1.54) is 0 Å². The number of hydrogen-bond acceptors (Lipinski definition) is 5. The Morgan fingerprint density at radius 1 is 1.13 bits per heavy atom. The first kappa shape index (κ1) is 18.4. The zero-order chi connectivity index (χ0) is 17.2. The SMILES string of the molecule is N[C@@H](C[C@@H](CCNC(=O)OCc1ccccc1)C(=O)O)C(=O)O. The molecule has 0 spiro atoms. The number of hydrogen-bond donors (Lipinski definition) is 4. The first-order chi connectivity index (χ1) is 10.9. The van der Waals surface area contributed by atoms with Crippen molar-refractivity contribution in [2.24, 2.45) is 11.7 Å². The number of aliphatic carboxylic acids is 2. The highest BCUT2D eigenvalue weighted by Gasteiger charge is 2.24. The highest BCUT2D eigenvalue weighted by Crippen LogP contribution is 2.11. The summed E-state index contributed by atoms with van der Waals surface area (Å²) in [4.78, 5) is 33.2. The molecule has 8 heteroatoms. The second-order valence-electron chi connectivity index (χ2n) is 4.99. The van der Waals surface area contributed by atoms with Crippen LogP contribution in [0.5, 0.6) is 0 Å². The molecule has 1 rings (SSSR count). The van der Waals surface area contributed by atoms with Crippen molar-refractivity contribution in [3.05, 3.63) is 35.9 Å². The molecule has 0 aliphatic heterocycles. The number of carbonyl (C=O) groups excluding carboxylic acids is 1. The predicted molar refractivity (Wildman–Crippen MR) is 80.6 cm³/mol. The Hall–Kier alpha value is -2.61. The highest BCUT2D eigenvalue weighted by molar-refractivity contribution is 5.75. The Bertz CT molecular complexity index is 534. The third kappa shape index (κ3) is 7.28. The molecule has 2 atom stereocenters. The van der Waals surface area contributed by atoms with E-state index in [-0.39, 0.29) is 26.0 Å². The third-order valence-electron chi connectivity index (χ3n) is 3.18. The number of carbonyl (C=O) groups is 3. The molecule has 0 saturated carbocycles. The molecular weight excluding hydrogens is 304 g/mol. The molecule has 126 valence electrons. The van der Waals surface area contributed by atoms with Crippen molar-refractivity contribution < 1.29 is 29.3 Å². The highest BCUT2D eigenvalue weighted by atomic mass is 16.5. The van der Waals surface area contributed by atoms with Gasteiger partial charge in [-0.15, -0.1) is 0 Å². The zero-order valence-corrected chi connectivity index (χ0v) is 12.5. The summed E-state index contributed by atoms with van der Waals surface area (Å²) >= 11 is 0. The van der Waals surface area contributed by atoms with Gasteiger partial charge in [0.1, 0.15) is 12.6 Å². The molecule has 0 bridgehead atoms. The Morgan fingerprint density at radius 3 is 2.35 bits per heavy atom. The van der Waals surface area contributed by atoms with Crippen LogP contribution in [0.3, 0.4) is 0 Å². The van der Waals surface area contributed by atoms with Crippen LogP contribution in [0.1, 0.15) is 18.4 Å². The Morgan fingerprint density at radius 2 is 1.78 bits per heavy atom. The van der Waals surface area contributed by atoms with Crippen LogP contribution in [0.2, 0.25) is 0 Å². The minimum absolute atomic E-state index is 0.0525. The summed E-state index contributed by atoms with van der Waals surface area (Å²) in [5.74, 6) is -3.36.